The molecule has 1 aromatic carbocycles. The summed E-state index contributed by atoms with van der Waals surface area (Å²) < 4.78 is 0. The minimum atomic E-state index is 0.00970. The molecule has 1 rings (SSSR count). The summed E-state index contributed by atoms with van der Waals surface area (Å²) >= 11 is 5.97. The number of halogens is 1. The van der Waals surface area contributed by atoms with Crippen LogP contribution in [0.3, 0.4) is 0 Å². The van der Waals surface area contributed by atoms with Crippen molar-refractivity contribution in [2.75, 3.05) is 5.32 Å². The van der Waals surface area contributed by atoms with Crippen molar-refractivity contribution < 1.29 is 0 Å². The normalized spacial score (nSPS) is 13.0. The van der Waals surface area contributed by atoms with Crippen molar-refractivity contribution in [2.45, 2.75) is 40.2 Å². The molecular formula is C16H20ClN5. The highest BCUT2D eigenvalue weighted by Gasteiger charge is 2.23. The number of benzene rings is 1. The van der Waals surface area contributed by atoms with E-state index in [0.717, 1.165) is 6.42 Å². The molecule has 5 nitrogen and oxygen atoms in total. The van der Waals surface area contributed by atoms with Crippen molar-refractivity contribution in [3.8, 4) is 12.3 Å². The van der Waals surface area contributed by atoms with Gasteiger partial charge in [-0.25, -0.2) is 4.99 Å². The zero-order valence-corrected chi connectivity index (χ0v) is 14.0. The summed E-state index contributed by atoms with van der Waals surface area (Å²) in [5.41, 5.74) is 1.05. The Morgan fingerprint density at radius 3 is 2.59 bits per heavy atom. The van der Waals surface area contributed by atoms with Crippen molar-refractivity contribution in [1.29, 1.82) is 10.5 Å². The van der Waals surface area contributed by atoms with Crippen LogP contribution < -0.4 is 10.6 Å². The zero-order chi connectivity index (χ0) is 16.8. The van der Waals surface area contributed by atoms with Gasteiger partial charge in [-0.2, -0.15) is 10.5 Å². The molecule has 116 valence electrons. The van der Waals surface area contributed by atoms with Gasteiger partial charge in [-0.15, -0.1) is 0 Å². The maximum atomic E-state index is 8.97. The summed E-state index contributed by atoms with van der Waals surface area (Å²) in [6.07, 6.45) is 2.83. The molecule has 0 aromatic heterocycles. The van der Waals surface area contributed by atoms with Gasteiger partial charge in [-0.1, -0.05) is 32.4 Å². The van der Waals surface area contributed by atoms with Crippen LogP contribution in [0.5, 0.6) is 0 Å². The van der Waals surface area contributed by atoms with E-state index >= 15 is 0 Å². The summed E-state index contributed by atoms with van der Waals surface area (Å²) in [5, 5.41) is 23.8. The Hall–Kier alpha value is -2.24. The Morgan fingerprint density at radius 2 is 2.05 bits per heavy atom. The lowest BCUT2D eigenvalue weighted by molar-refractivity contribution is 0.291. The number of hydrogen-bond donors (Lipinski definition) is 2. The highest BCUT2D eigenvalue weighted by molar-refractivity contribution is 6.31. The predicted molar refractivity (Wildman–Crippen MR) is 89.5 cm³/mol. The van der Waals surface area contributed by atoms with Crippen molar-refractivity contribution in [3.63, 3.8) is 0 Å². The van der Waals surface area contributed by atoms with Gasteiger partial charge in [0.1, 0.15) is 0 Å². The molecule has 0 amide bonds. The van der Waals surface area contributed by atoms with Gasteiger partial charge < -0.3 is 5.32 Å². The second-order valence-corrected chi connectivity index (χ2v) is 6.13. The van der Waals surface area contributed by atoms with Crippen molar-refractivity contribution in [1.82, 2.24) is 5.32 Å². The summed E-state index contributed by atoms with van der Waals surface area (Å²) in [6, 6.07) is 6.94. The van der Waals surface area contributed by atoms with Crippen LogP contribution in [0.25, 0.3) is 0 Å². The van der Waals surface area contributed by atoms with Crippen molar-refractivity contribution >= 4 is 23.2 Å². The Balaban J connectivity index is 3.06. The van der Waals surface area contributed by atoms with E-state index in [1.165, 1.54) is 0 Å². The summed E-state index contributed by atoms with van der Waals surface area (Å²) in [6.45, 7) is 8.35. The van der Waals surface area contributed by atoms with E-state index in [4.69, 9.17) is 22.1 Å². The second kappa shape index (κ2) is 7.68. The maximum Gasteiger partial charge on any atom is 0.209 e. The van der Waals surface area contributed by atoms with Crippen LogP contribution in [0.4, 0.5) is 5.69 Å². The van der Waals surface area contributed by atoms with Crippen LogP contribution in [0.1, 0.15) is 39.7 Å². The number of aliphatic imine (C=N–C) groups is 1. The average Bonchev–Trinajstić information content (AvgIpc) is 2.46. The number of hydrogen-bond acceptors (Lipinski definition) is 3. The van der Waals surface area contributed by atoms with Gasteiger partial charge in [0.05, 0.1) is 17.7 Å². The number of rotatable bonds is 4. The van der Waals surface area contributed by atoms with Crippen LogP contribution in [-0.4, -0.2) is 12.0 Å². The van der Waals surface area contributed by atoms with Crippen LogP contribution in [0.15, 0.2) is 23.2 Å². The fourth-order valence-corrected chi connectivity index (χ4v) is 1.91. The molecule has 1 aromatic rings. The molecule has 0 aliphatic carbocycles. The number of nitriles is 2. The van der Waals surface area contributed by atoms with E-state index in [1.807, 2.05) is 19.2 Å². The van der Waals surface area contributed by atoms with Gasteiger partial charge in [0, 0.05) is 10.7 Å². The first-order valence-corrected chi connectivity index (χ1v) is 7.40. The molecule has 0 aliphatic rings. The summed E-state index contributed by atoms with van der Waals surface area (Å²) in [5.74, 6) is 0.336. The Kier molecular flexibility index (Phi) is 6.22. The molecule has 0 saturated heterocycles. The highest BCUT2D eigenvalue weighted by atomic mass is 35.5. The third-order valence-electron chi connectivity index (χ3n) is 3.83. The monoisotopic (exact) mass is 317 g/mol. The fraction of sp³-hybridized carbons (Fsp3) is 0.438. The molecule has 0 fully saturated rings. The van der Waals surface area contributed by atoms with Gasteiger partial charge in [-0.3, -0.25) is 5.32 Å². The lowest BCUT2D eigenvalue weighted by Gasteiger charge is -2.28. The first-order valence-electron chi connectivity index (χ1n) is 7.03. The Labute approximate surface area is 136 Å². The first kappa shape index (κ1) is 17.8. The highest BCUT2D eigenvalue weighted by Crippen LogP contribution is 2.27. The molecule has 0 aliphatic heterocycles. The zero-order valence-electron chi connectivity index (χ0n) is 13.2. The van der Waals surface area contributed by atoms with Crippen molar-refractivity contribution in [3.05, 3.63) is 28.8 Å². The molecule has 6 heteroatoms. The Morgan fingerprint density at radius 1 is 1.36 bits per heavy atom. The van der Waals surface area contributed by atoms with E-state index in [0.29, 0.717) is 22.2 Å². The smallest absolute Gasteiger partial charge is 0.209 e. The van der Waals surface area contributed by atoms with Crippen LogP contribution in [-0.2, 0) is 0 Å². The number of nitrogens with one attached hydrogen (secondary N) is 2. The van der Waals surface area contributed by atoms with Crippen LogP contribution in [0, 0.1) is 28.2 Å². The van der Waals surface area contributed by atoms with Gasteiger partial charge in [0.25, 0.3) is 0 Å². The lowest BCUT2D eigenvalue weighted by atomic mass is 9.83. The van der Waals surface area contributed by atoms with E-state index in [1.54, 1.807) is 18.2 Å². The number of nitrogens with zero attached hydrogens (tertiary/aromatic N) is 3. The molecule has 22 heavy (non-hydrogen) atoms. The van der Waals surface area contributed by atoms with Crippen LogP contribution in [0.2, 0.25) is 5.02 Å². The van der Waals surface area contributed by atoms with E-state index in [2.05, 4.69) is 36.4 Å². The van der Waals surface area contributed by atoms with Gasteiger partial charge in [0.15, 0.2) is 6.19 Å². The van der Waals surface area contributed by atoms with Gasteiger partial charge in [0.2, 0.25) is 5.96 Å². The topological polar surface area (TPSA) is 84.0 Å². The summed E-state index contributed by atoms with van der Waals surface area (Å²) in [4.78, 5) is 4.54. The fourth-order valence-electron chi connectivity index (χ4n) is 1.68. The Bertz CT molecular complexity index is 637. The third kappa shape index (κ3) is 4.95. The van der Waals surface area contributed by atoms with E-state index in [9.17, 15) is 0 Å². The molecule has 0 radical (unpaired) electrons. The minimum Gasteiger partial charge on any atom is -0.325 e. The number of guanidine groups is 1. The predicted octanol–water partition coefficient (Wildman–Crippen LogP) is 3.87. The lowest BCUT2D eigenvalue weighted by Crippen LogP contribution is -2.32. The maximum absolute atomic E-state index is 8.97. The molecule has 0 saturated carbocycles. The van der Waals surface area contributed by atoms with Gasteiger partial charge >= 0.3 is 0 Å². The molecular weight excluding hydrogens is 298 g/mol. The third-order valence-corrected chi connectivity index (χ3v) is 4.05. The van der Waals surface area contributed by atoms with E-state index < -0.39 is 0 Å². The molecule has 1 unspecified atom stereocenters. The second-order valence-electron chi connectivity index (χ2n) is 5.70. The largest absolute Gasteiger partial charge is 0.325 e. The SMILES string of the molecule is CCC(C)(C)C(C)N=C(NC#N)Nc1cc(Cl)cc(C#N)c1. The number of anilines is 1. The van der Waals surface area contributed by atoms with Crippen LogP contribution >= 0.6 is 11.6 Å². The standard InChI is InChI=1S/C16H20ClN5/c1-5-16(3,4)11(2)21-15(20-10-19)22-14-7-12(9-18)6-13(17)8-14/h6-8,11H,5H2,1-4H3,(H2,20,21,22). The van der Waals surface area contributed by atoms with Crippen molar-refractivity contribution in [2.24, 2.45) is 10.4 Å². The first-order chi connectivity index (χ1) is 10.3. The molecule has 1 atom stereocenters. The molecule has 2 N–H and O–H groups in total. The molecule has 0 spiro atoms. The summed E-state index contributed by atoms with van der Waals surface area (Å²) in [7, 11) is 0. The molecule has 0 bridgehead atoms. The minimum absolute atomic E-state index is 0.00970. The quantitative estimate of drug-likeness (QED) is 0.382. The van der Waals surface area contributed by atoms with E-state index in [-0.39, 0.29) is 11.5 Å². The van der Waals surface area contributed by atoms with Gasteiger partial charge in [-0.05, 0) is 37.0 Å². The average molecular weight is 318 g/mol. The molecule has 0 heterocycles.